The first-order valence-electron chi connectivity index (χ1n) is 6.52. The molecule has 1 amide bonds. The molecule has 3 nitrogen and oxygen atoms in total. The molecule has 0 radical (unpaired) electrons. The van der Waals surface area contributed by atoms with E-state index in [1.807, 2.05) is 32.9 Å². The molecule has 2 atom stereocenters. The van der Waals surface area contributed by atoms with Crippen molar-refractivity contribution in [1.29, 1.82) is 0 Å². The predicted molar refractivity (Wildman–Crippen MR) is 75.1 cm³/mol. The molecule has 0 aliphatic rings. The van der Waals surface area contributed by atoms with Crippen molar-refractivity contribution >= 4 is 5.91 Å². The lowest BCUT2D eigenvalue weighted by molar-refractivity contribution is -0.126. The van der Waals surface area contributed by atoms with Gasteiger partial charge in [-0.1, -0.05) is 43.7 Å². The third-order valence-corrected chi connectivity index (χ3v) is 3.30. The van der Waals surface area contributed by atoms with Gasteiger partial charge in [-0.15, -0.1) is 0 Å². The second-order valence-electron chi connectivity index (χ2n) is 5.23. The third-order valence-electron chi connectivity index (χ3n) is 3.30. The summed E-state index contributed by atoms with van der Waals surface area (Å²) in [6, 6.07) is 8.21. The fourth-order valence-corrected chi connectivity index (χ4v) is 2.03. The van der Waals surface area contributed by atoms with Crippen molar-refractivity contribution in [2.24, 2.45) is 17.6 Å². The molecule has 100 valence electrons. The van der Waals surface area contributed by atoms with Crippen LogP contribution in [0, 0.1) is 18.8 Å². The van der Waals surface area contributed by atoms with Crippen LogP contribution in [0.1, 0.15) is 37.9 Å². The Morgan fingerprint density at radius 2 is 2.00 bits per heavy atom. The van der Waals surface area contributed by atoms with Crippen LogP contribution in [0.3, 0.4) is 0 Å². The normalized spacial score (nSPS) is 14.3. The van der Waals surface area contributed by atoms with E-state index >= 15 is 0 Å². The van der Waals surface area contributed by atoms with E-state index in [2.05, 4.69) is 24.4 Å². The van der Waals surface area contributed by atoms with Gasteiger partial charge >= 0.3 is 0 Å². The van der Waals surface area contributed by atoms with Gasteiger partial charge in [0.1, 0.15) is 0 Å². The van der Waals surface area contributed by atoms with E-state index < -0.39 is 0 Å². The molecule has 0 fully saturated rings. The van der Waals surface area contributed by atoms with E-state index in [0.29, 0.717) is 6.54 Å². The predicted octanol–water partition coefficient (Wildman–Crippen LogP) is 2.40. The Kier molecular flexibility index (Phi) is 5.35. The van der Waals surface area contributed by atoms with Gasteiger partial charge < -0.3 is 11.1 Å². The maximum atomic E-state index is 12.1. The number of benzene rings is 1. The molecular formula is C15H24N2O. The molecule has 1 aromatic carbocycles. The molecule has 0 aliphatic carbocycles. The summed E-state index contributed by atoms with van der Waals surface area (Å²) in [5.41, 5.74) is 7.98. The van der Waals surface area contributed by atoms with Crippen molar-refractivity contribution in [1.82, 2.24) is 5.32 Å². The smallest absolute Gasteiger partial charge is 0.225 e. The number of carbonyl (C=O) groups excluding carboxylic acids is 1. The van der Waals surface area contributed by atoms with Crippen LogP contribution in [0.2, 0.25) is 0 Å². The number of hydrogen-bond acceptors (Lipinski definition) is 2. The summed E-state index contributed by atoms with van der Waals surface area (Å²) in [4.78, 5) is 12.1. The van der Waals surface area contributed by atoms with Crippen LogP contribution in [0.5, 0.6) is 0 Å². The molecule has 1 rings (SSSR count). The maximum Gasteiger partial charge on any atom is 0.225 e. The van der Waals surface area contributed by atoms with E-state index in [1.165, 1.54) is 5.56 Å². The first kappa shape index (κ1) is 14.7. The van der Waals surface area contributed by atoms with Crippen molar-refractivity contribution in [3.63, 3.8) is 0 Å². The Morgan fingerprint density at radius 1 is 1.33 bits per heavy atom. The molecule has 0 spiro atoms. The van der Waals surface area contributed by atoms with Gasteiger partial charge in [-0.2, -0.15) is 0 Å². The summed E-state index contributed by atoms with van der Waals surface area (Å²) in [6.07, 6.45) is 0. The highest BCUT2D eigenvalue weighted by molar-refractivity contribution is 5.79. The summed E-state index contributed by atoms with van der Waals surface area (Å²) >= 11 is 0. The lowest BCUT2D eigenvalue weighted by Crippen LogP contribution is -2.39. The molecule has 0 saturated heterocycles. The van der Waals surface area contributed by atoms with Gasteiger partial charge in [-0.25, -0.2) is 0 Å². The Morgan fingerprint density at radius 3 is 2.50 bits per heavy atom. The average Bonchev–Trinajstić information content (AvgIpc) is 2.29. The Balaban J connectivity index is 2.70. The molecule has 0 bridgehead atoms. The molecule has 3 heteroatoms. The number of nitrogens with two attached hydrogens (primary N) is 1. The molecule has 3 N–H and O–H groups in total. The number of rotatable bonds is 5. The number of nitrogens with one attached hydrogen (secondary N) is 1. The standard InChI is InChI=1S/C15H24N2O/c1-10(2)14(9-16)15(18)17-12(4)13-7-5-6-11(3)8-13/h5-8,10,12,14H,9,16H2,1-4H3,(H,17,18)/t12-,14?/m0/s1. The van der Waals surface area contributed by atoms with Crippen LogP contribution in [0.25, 0.3) is 0 Å². The molecule has 0 heterocycles. The van der Waals surface area contributed by atoms with Gasteiger partial charge in [0.2, 0.25) is 5.91 Å². The average molecular weight is 248 g/mol. The molecule has 0 saturated carbocycles. The zero-order chi connectivity index (χ0) is 13.7. The van der Waals surface area contributed by atoms with Gasteiger partial charge in [0.25, 0.3) is 0 Å². The molecule has 18 heavy (non-hydrogen) atoms. The minimum Gasteiger partial charge on any atom is -0.349 e. The Labute approximate surface area is 110 Å². The number of amides is 1. The van der Waals surface area contributed by atoms with Gasteiger partial charge in [0.15, 0.2) is 0 Å². The van der Waals surface area contributed by atoms with Crippen molar-refractivity contribution < 1.29 is 4.79 Å². The van der Waals surface area contributed by atoms with Crippen molar-refractivity contribution in [3.8, 4) is 0 Å². The Bertz CT molecular complexity index is 401. The van der Waals surface area contributed by atoms with Crippen molar-refractivity contribution in [2.45, 2.75) is 33.7 Å². The van der Waals surface area contributed by atoms with Crippen molar-refractivity contribution in [2.75, 3.05) is 6.54 Å². The molecule has 1 unspecified atom stereocenters. The van der Waals surface area contributed by atoms with Crippen LogP contribution < -0.4 is 11.1 Å². The van der Waals surface area contributed by atoms with Gasteiger partial charge in [-0.3, -0.25) is 4.79 Å². The fraction of sp³-hybridized carbons (Fsp3) is 0.533. The van der Waals surface area contributed by atoms with E-state index in [0.717, 1.165) is 5.56 Å². The second kappa shape index (κ2) is 6.55. The SMILES string of the molecule is Cc1cccc([C@H](C)NC(=O)C(CN)C(C)C)c1. The third kappa shape index (κ3) is 3.84. The van der Waals surface area contributed by atoms with Crippen LogP contribution in [0.4, 0.5) is 0 Å². The lowest BCUT2D eigenvalue weighted by Gasteiger charge is -2.22. The lowest BCUT2D eigenvalue weighted by atomic mass is 9.94. The number of aryl methyl sites for hydroxylation is 1. The van der Waals surface area contributed by atoms with Crippen LogP contribution in [0.15, 0.2) is 24.3 Å². The van der Waals surface area contributed by atoms with E-state index in [4.69, 9.17) is 5.73 Å². The molecule has 0 aliphatic heterocycles. The minimum absolute atomic E-state index is 0.0187. The summed E-state index contributed by atoms with van der Waals surface area (Å²) in [5, 5.41) is 3.04. The number of hydrogen-bond donors (Lipinski definition) is 2. The van der Waals surface area contributed by atoms with E-state index in [9.17, 15) is 4.79 Å². The van der Waals surface area contributed by atoms with Gasteiger partial charge in [0, 0.05) is 6.54 Å². The minimum atomic E-state index is -0.114. The summed E-state index contributed by atoms with van der Waals surface area (Å²) in [5.74, 6) is 0.193. The molecule has 1 aromatic rings. The second-order valence-corrected chi connectivity index (χ2v) is 5.23. The summed E-state index contributed by atoms with van der Waals surface area (Å²) in [6.45, 7) is 8.49. The van der Waals surface area contributed by atoms with Crippen molar-refractivity contribution in [3.05, 3.63) is 35.4 Å². The summed E-state index contributed by atoms with van der Waals surface area (Å²) in [7, 11) is 0. The van der Waals surface area contributed by atoms with Crippen LogP contribution >= 0.6 is 0 Å². The number of carbonyl (C=O) groups is 1. The van der Waals surface area contributed by atoms with Gasteiger partial charge in [0.05, 0.1) is 12.0 Å². The highest BCUT2D eigenvalue weighted by Crippen LogP contribution is 2.16. The molecular weight excluding hydrogens is 224 g/mol. The Hall–Kier alpha value is -1.35. The van der Waals surface area contributed by atoms with E-state index in [-0.39, 0.29) is 23.8 Å². The zero-order valence-corrected chi connectivity index (χ0v) is 11.7. The quantitative estimate of drug-likeness (QED) is 0.840. The monoisotopic (exact) mass is 248 g/mol. The highest BCUT2D eigenvalue weighted by atomic mass is 16.2. The van der Waals surface area contributed by atoms with E-state index in [1.54, 1.807) is 0 Å². The zero-order valence-electron chi connectivity index (χ0n) is 11.7. The largest absolute Gasteiger partial charge is 0.349 e. The molecule has 0 aromatic heterocycles. The van der Waals surface area contributed by atoms with Crippen LogP contribution in [-0.2, 0) is 4.79 Å². The first-order valence-corrected chi connectivity index (χ1v) is 6.52. The summed E-state index contributed by atoms with van der Waals surface area (Å²) < 4.78 is 0. The topological polar surface area (TPSA) is 55.1 Å². The maximum absolute atomic E-state index is 12.1. The van der Waals surface area contributed by atoms with Gasteiger partial charge in [-0.05, 0) is 25.3 Å². The highest BCUT2D eigenvalue weighted by Gasteiger charge is 2.22. The van der Waals surface area contributed by atoms with Crippen LogP contribution in [-0.4, -0.2) is 12.5 Å². The fourth-order valence-electron chi connectivity index (χ4n) is 2.03. The first-order chi connectivity index (χ1) is 8.45.